The first-order valence-electron chi connectivity index (χ1n) is 5.24. The van der Waals surface area contributed by atoms with Crippen molar-refractivity contribution in [2.75, 3.05) is 13.2 Å². The number of rotatable bonds is 6. The standard InChI is InChI=1S/C12H16O4/c1-3-5-15-11(13)9-7-10(8-9)12(14)16-6-4-2/h3-4,9-10H,1-2,5-8H2. The van der Waals surface area contributed by atoms with Gasteiger partial charge in [-0.05, 0) is 12.8 Å². The molecule has 88 valence electrons. The van der Waals surface area contributed by atoms with Crippen molar-refractivity contribution in [3.63, 3.8) is 0 Å². The van der Waals surface area contributed by atoms with Gasteiger partial charge in [0.2, 0.25) is 0 Å². The van der Waals surface area contributed by atoms with Crippen LogP contribution in [0.4, 0.5) is 0 Å². The Morgan fingerprint density at radius 1 is 1.00 bits per heavy atom. The predicted molar refractivity (Wildman–Crippen MR) is 58.5 cm³/mol. The zero-order chi connectivity index (χ0) is 12.0. The van der Waals surface area contributed by atoms with E-state index in [0.717, 1.165) is 0 Å². The number of esters is 2. The summed E-state index contributed by atoms with van der Waals surface area (Å²) in [6.45, 7) is 7.35. The molecule has 0 bridgehead atoms. The summed E-state index contributed by atoms with van der Waals surface area (Å²) in [5.74, 6) is -0.845. The van der Waals surface area contributed by atoms with Crippen LogP contribution in [0, 0.1) is 11.8 Å². The summed E-state index contributed by atoms with van der Waals surface area (Å²) >= 11 is 0. The molecular formula is C12H16O4. The fraction of sp³-hybridized carbons (Fsp3) is 0.500. The minimum Gasteiger partial charge on any atom is -0.461 e. The molecule has 1 fully saturated rings. The van der Waals surface area contributed by atoms with E-state index in [1.165, 1.54) is 12.2 Å². The fourth-order valence-electron chi connectivity index (χ4n) is 1.52. The third-order valence-corrected chi connectivity index (χ3v) is 2.49. The summed E-state index contributed by atoms with van der Waals surface area (Å²) in [4.78, 5) is 22.7. The van der Waals surface area contributed by atoms with Gasteiger partial charge in [-0.25, -0.2) is 0 Å². The van der Waals surface area contributed by atoms with Crippen molar-refractivity contribution >= 4 is 11.9 Å². The Hall–Kier alpha value is -1.58. The molecule has 4 nitrogen and oxygen atoms in total. The van der Waals surface area contributed by atoms with Crippen molar-refractivity contribution in [3.8, 4) is 0 Å². The van der Waals surface area contributed by atoms with Crippen LogP contribution >= 0.6 is 0 Å². The van der Waals surface area contributed by atoms with E-state index in [9.17, 15) is 9.59 Å². The Morgan fingerprint density at radius 2 is 1.38 bits per heavy atom. The Labute approximate surface area is 94.9 Å². The van der Waals surface area contributed by atoms with Crippen molar-refractivity contribution in [3.05, 3.63) is 25.3 Å². The number of carbonyl (C=O) groups excluding carboxylic acids is 2. The van der Waals surface area contributed by atoms with Crippen molar-refractivity contribution in [1.82, 2.24) is 0 Å². The highest BCUT2D eigenvalue weighted by Gasteiger charge is 2.40. The van der Waals surface area contributed by atoms with E-state index in [-0.39, 0.29) is 37.0 Å². The lowest BCUT2D eigenvalue weighted by Crippen LogP contribution is -2.37. The van der Waals surface area contributed by atoms with E-state index in [0.29, 0.717) is 12.8 Å². The van der Waals surface area contributed by atoms with Crippen LogP contribution in [-0.2, 0) is 19.1 Å². The second-order valence-electron chi connectivity index (χ2n) is 3.70. The van der Waals surface area contributed by atoms with Gasteiger partial charge < -0.3 is 9.47 Å². The molecule has 0 atom stereocenters. The van der Waals surface area contributed by atoms with Crippen LogP contribution < -0.4 is 0 Å². The third kappa shape index (κ3) is 3.22. The van der Waals surface area contributed by atoms with Gasteiger partial charge in [-0.2, -0.15) is 0 Å². The summed E-state index contributed by atoms with van der Waals surface area (Å²) in [5.41, 5.74) is 0. The highest BCUT2D eigenvalue weighted by atomic mass is 16.5. The molecule has 0 aliphatic heterocycles. The highest BCUT2D eigenvalue weighted by Crippen LogP contribution is 2.35. The number of hydrogen-bond acceptors (Lipinski definition) is 4. The van der Waals surface area contributed by atoms with Gasteiger partial charge in [0, 0.05) is 0 Å². The van der Waals surface area contributed by atoms with Crippen LogP contribution in [0.2, 0.25) is 0 Å². The van der Waals surface area contributed by atoms with Gasteiger partial charge in [0.25, 0.3) is 0 Å². The SMILES string of the molecule is C=CCOC(=O)C1CC(C(=O)OCC=C)C1. The zero-order valence-corrected chi connectivity index (χ0v) is 9.19. The molecule has 0 aromatic heterocycles. The lowest BCUT2D eigenvalue weighted by atomic mass is 9.75. The molecule has 0 amide bonds. The van der Waals surface area contributed by atoms with Crippen LogP contribution in [-0.4, -0.2) is 25.2 Å². The van der Waals surface area contributed by atoms with Crippen molar-refractivity contribution < 1.29 is 19.1 Å². The zero-order valence-electron chi connectivity index (χ0n) is 9.19. The average Bonchev–Trinajstić information content (AvgIpc) is 2.21. The summed E-state index contributed by atoms with van der Waals surface area (Å²) in [6.07, 6.45) is 4.08. The summed E-state index contributed by atoms with van der Waals surface area (Å²) in [7, 11) is 0. The molecular weight excluding hydrogens is 208 g/mol. The number of ether oxygens (including phenoxy) is 2. The molecule has 0 aromatic carbocycles. The summed E-state index contributed by atoms with van der Waals surface area (Å²) in [6, 6.07) is 0. The van der Waals surface area contributed by atoms with E-state index in [1.807, 2.05) is 0 Å². The number of hydrogen-bond donors (Lipinski definition) is 0. The van der Waals surface area contributed by atoms with Crippen LogP contribution in [0.15, 0.2) is 25.3 Å². The van der Waals surface area contributed by atoms with Gasteiger partial charge in [0.1, 0.15) is 13.2 Å². The topological polar surface area (TPSA) is 52.6 Å². The quantitative estimate of drug-likeness (QED) is 0.506. The van der Waals surface area contributed by atoms with E-state index < -0.39 is 0 Å². The minimum absolute atomic E-state index is 0.166. The molecule has 1 aliphatic carbocycles. The Kier molecular flexibility index (Phi) is 4.76. The first-order valence-corrected chi connectivity index (χ1v) is 5.24. The second-order valence-corrected chi connectivity index (χ2v) is 3.70. The molecule has 0 aromatic rings. The molecule has 1 saturated carbocycles. The molecule has 4 heteroatoms. The van der Waals surface area contributed by atoms with E-state index >= 15 is 0 Å². The highest BCUT2D eigenvalue weighted by molar-refractivity contribution is 5.80. The van der Waals surface area contributed by atoms with E-state index in [1.54, 1.807) is 0 Å². The molecule has 0 N–H and O–H groups in total. The number of carbonyl (C=O) groups is 2. The van der Waals surface area contributed by atoms with Crippen molar-refractivity contribution in [1.29, 1.82) is 0 Å². The molecule has 0 spiro atoms. The van der Waals surface area contributed by atoms with Gasteiger partial charge in [-0.15, -0.1) is 0 Å². The lowest BCUT2D eigenvalue weighted by Gasteiger charge is -2.31. The summed E-state index contributed by atoms with van der Waals surface area (Å²) in [5, 5.41) is 0. The monoisotopic (exact) mass is 224 g/mol. The molecule has 16 heavy (non-hydrogen) atoms. The van der Waals surface area contributed by atoms with Gasteiger partial charge >= 0.3 is 11.9 Å². The van der Waals surface area contributed by atoms with Crippen LogP contribution in [0.5, 0.6) is 0 Å². The molecule has 0 saturated heterocycles. The fourth-order valence-corrected chi connectivity index (χ4v) is 1.52. The molecule has 0 heterocycles. The van der Waals surface area contributed by atoms with Gasteiger partial charge in [-0.1, -0.05) is 25.3 Å². The third-order valence-electron chi connectivity index (χ3n) is 2.49. The smallest absolute Gasteiger partial charge is 0.309 e. The first kappa shape index (κ1) is 12.5. The largest absolute Gasteiger partial charge is 0.461 e. The van der Waals surface area contributed by atoms with Crippen LogP contribution in [0.1, 0.15) is 12.8 Å². The normalized spacial score (nSPS) is 22.8. The van der Waals surface area contributed by atoms with Gasteiger partial charge in [0.15, 0.2) is 0 Å². The van der Waals surface area contributed by atoms with Crippen molar-refractivity contribution in [2.24, 2.45) is 11.8 Å². The Morgan fingerprint density at radius 3 is 1.69 bits per heavy atom. The first-order chi connectivity index (χ1) is 7.69. The Bertz CT molecular complexity index is 261. The van der Waals surface area contributed by atoms with Gasteiger partial charge in [0.05, 0.1) is 11.8 Å². The second kappa shape index (κ2) is 6.10. The molecule has 0 unspecified atom stereocenters. The Balaban J connectivity index is 2.21. The minimum atomic E-state index is -0.257. The predicted octanol–water partition coefficient (Wildman–Crippen LogP) is 1.47. The average molecular weight is 224 g/mol. The van der Waals surface area contributed by atoms with E-state index in [2.05, 4.69) is 13.2 Å². The lowest BCUT2D eigenvalue weighted by molar-refractivity contribution is -0.160. The maximum absolute atomic E-state index is 11.3. The maximum Gasteiger partial charge on any atom is 0.309 e. The van der Waals surface area contributed by atoms with Crippen LogP contribution in [0.3, 0.4) is 0 Å². The van der Waals surface area contributed by atoms with Crippen molar-refractivity contribution in [2.45, 2.75) is 12.8 Å². The van der Waals surface area contributed by atoms with E-state index in [4.69, 9.17) is 9.47 Å². The molecule has 0 radical (unpaired) electrons. The summed E-state index contributed by atoms with van der Waals surface area (Å²) < 4.78 is 9.76. The van der Waals surface area contributed by atoms with Gasteiger partial charge in [-0.3, -0.25) is 9.59 Å². The molecule has 1 aliphatic rings. The molecule has 1 rings (SSSR count). The van der Waals surface area contributed by atoms with Crippen LogP contribution in [0.25, 0.3) is 0 Å². The maximum atomic E-state index is 11.3.